The van der Waals surface area contributed by atoms with Crippen molar-refractivity contribution >= 4 is 22.7 Å². The van der Waals surface area contributed by atoms with Crippen LogP contribution in [0.25, 0.3) is 10.9 Å². The summed E-state index contributed by atoms with van der Waals surface area (Å²) < 4.78 is 11.5. The van der Waals surface area contributed by atoms with Gasteiger partial charge in [0.2, 0.25) is 5.91 Å². The van der Waals surface area contributed by atoms with Crippen molar-refractivity contribution in [3.05, 3.63) is 71.4 Å². The number of nitrogens with two attached hydrogens (primary N) is 1. The van der Waals surface area contributed by atoms with Crippen molar-refractivity contribution in [2.24, 2.45) is 11.7 Å². The highest BCUT2D eigenvalue weighted by Gasteiger charge is 2.50. The van der Waals surface area contributed by atoms with Gasteiger partial charge in [0.1, 0.15) is 17.9 Å². The first-order chi connectivity index (χ1) is 16.9. The standard InChI is InChI=1S/C26H28N4O5/c1-16-12-17(20-4-2-3-5-22(20)28-16)13-35-19-8-6-18(7-9-19)26(27)10-11-30(25(26)32)23-15-34-14-21(23)24(31)29-33/h2-9,12,21,23,33H,10-11,13-15,27H2,1H3,(H,29,31)/t21-,23?,26-/m0/s1. The average Bonchev–Trinajstić information content (AvgIpc) is 3.47. The van der Waals surface area contributed by atoms with Gasteiger partial charge in [0, 0.05) is 23.2 Å². The fourth-order valence-electron chi connectivity index (χ4n) is 5.05. The van der Waals surface area contributed by atoms with Gasteiger partial charge in [-0.2, -0.15) is 0 Å². The fraction of sp³-hybridized carbons (Fsp3) is 0.346. The van der Waals surface area contributed by atoms with Crippen molar-refractivity contribution in [3.63, 3.8) is 0 Å². The topological polar surface area (TPSA) is 127 Å². The number of amides is 2. The van der Waals surface area contributed by atoms with E-state index in [-0.39, 0.29) is 19.1 Å². The van der Waals surface area contributed by atoms with Crippen LogP contribution in [0.1, 0.15) is 23.2 Å². The Hall–Kier alpha value is -3.53. The highest BCUT2D eigenvalue weighted by molar-refractivity contribution is 5.91. The van der Waals surface area contributed by atoms with E-state index in [1.54, 1.807) is 10.4 Å². The molecule has 2 aromatic carbocycles. The number of hydroxylamine groups is 1. The normalized spacial score (nSPS) is 24.2. The van der Waals surface area contributed by atoms with Gasteiger partial charge in [-0.15, -0.1) is 0 Å². The second kappa shape index (κ2) is 9.26. The van der Waals surface area contributed by atoms with E-state index in [1.807, 2.05) is 61.5 Å². The summed E-state index contributed by atoms with van der Waals surface area (Å²) >= 11 is 0. The molecule has 2 aliphatic heterocycles. The molecule has 3 heterocycles. The molecule has 1 unspecified atom stereocenters. The Morgan fingerprint density at radius 1 is 1.26 bits per heavy atom. The number of fused-ring (bicyclic) bond motifs is 1. The smallest absolute Gasteiger partial charge is 0.250 e. The number of para-hydroxylation sites is 1. The van der Waals surface area contributed by atoms with E-state index in [2.05, 4.69) is 4.98 Å². The van der Waals surface area contributed by atoms with Crippen molar-refractivity contribution in [3.8, 4) is 5.75 Å². The van der Waals surface area contributed by atoms with Crippen molar-refractivity contribution in [2.45, 2.75) is 31.5 Å². The molecule has 2 saturated heterocycles. The first kappa shape index (κ1) is 23.2. The molecule has 2 fully saturated rings. The van der Waals surface area contributed by atoms with Crippen LogP contribution in [0.2, 0.25) is 0 Å². The van der Waals surface area contributed by atoms with Crippen LogP contribution in [0, 0.1) is 12.8 Å². The number of aromatic nitrogens is 1. The Morgan fingerprint density at radius 3 is 2.80 bits per heavy atom. The van der Waals surface area contributed by atoms with Crippen molar-refractivity contribution < 1.29 is 24.3 Å². The molecule has 0 aliphatic carbocycles. The van der Waals surface area contributed by atoms with Crippen molar-refractivity contribution in [1.82, 2.24) is 15.4 Å². The Kier molecular flexibility index (Phi) is 6.14. The SMILES string of the molecule is Cc1cc(COc2ccc([C@@]3(N)CCN(C4COC[C@@H]4C(=O)NO)C3=O)cc2)c2ccccc2n1. The molecule has 5 rings (SSSR count). The van der Waals surface area contributed by atoms with Crippen LogP contribution in [0.5, 0.6) is 5.75 Å². The summed E-state index contributed by atoms with van der Waals surface area (Å²) in [7, 11) is 0. The van der Waals surface area contributed by atoms with Gasteiger partial charge < -0.3 is 20.1 Å². The third-order valence-electron chi connectivity index (χ3n) is 6.98. The maximum Gasteiger partial charge on any atom is 0.250 e. The second-order valence-electron chi connectivity index (χ2n) is 9.16. The number of likely N-dealkylation sites (tertiary alicyclic amines) is 1. The zero-order chi connectivity index (χ0) is 24.6. The predicted molar refractivity (Wildman–Crippen MR) is 127 cm³/mol. The lowest BCUT2D eigenvalue weighted by molar-refractivity contribution is -0.139. The molecular formula is C26H28N4O5. The number of pyridine rings is 1. The molecule has 0 saturated carbocycles. The van der Waals surface area contributed by atoms with E-state index in [1.165, 1.54) is 0 Å². The Labute approximate surface area is 202 Å². The number of carbonyl (C=O) groups is 2. The number of hydrogen-bond donors (Lipinski definition) is 3. The van der Waals surface area contributed by atoms with Crippen LogP contribution in [0.3, 0.4) is 0 Å². The lowest BCUT2D eigenvalue weighted by Crippen LogP contribution is -2.51. The Bertz CT molecular complexity index is 1260. The first-order valence-corrected chi connectivity index (χ1v) is 11.6. The van der Waals surface area contributed by atoms with E-state index in [4.69, 9.17) is 20.4 Å². The predicted octanol–water partition coefficient (Wildman–Crippen LogP) is 2.03. The van der Waals surface area contributed by atoms with E-state index in [0.29, 0.717) is 30.9 Å². The van der Waals surface area contributed by atoms with Gasteiger partial charge >= 0.3 is 0 Å². The summed E-state index contributed by atoms with van der Waals surface area (Å²) in [6, 6.07) is 16.8. The molecule has 9 nitrogen and oxygen atoms in total. The van der Waals surface area contributed by atoms with Gasteiger partial charge in [0.15, 0.2) is 0 Å². The number of aryl methyl sites for hydroxylation is 1. The van der Waals surface area contributed by atoms with Crippen LogP contribution in [0.4, 0.5) is 0 Å². The molecule has 4 N–H and O–H groups in total. The van der Waals surface area contributed by atoms with Gasteiger partial charge in [-0.05, 0) is 43.2 Å². The number of hydrogen-bond acceptors (Lipinski definition) is 7. The summed E-state index contributed by atoms with van der Waals surface area (Å²) in [5, 5.41) is 10.1. The Morgan fingerprint density at radius 2 is 2.03 bits per heavy atom. The average molecular weight is 477 g/mol. The van der Waals surface area contributed by atoms with Gasteiger partial charge in [-0.3, -0.25) is 19.8 Å². The van der Waals surface area contributed by atoms with Gasteiger partial charge in [-0.1, -0.05) is 30.3 Å². The molecule has 0 bridgehead atoms. The highest BCUT2D eigenvalue weighted by Crippen LogP contribution is 2.35. The number of nitrogens with one attached hydrogen (secondary N) is 1. The minimum atomic E-state index is -1.19. The molecule has 3 aromatic rings. The number of carbonyl (C=O) groups excluding carboxylic acids is 2. The van der Waals surface area contributed by atoms with E-state index < -0.39 is 23.4 Å². The first-order valence-electron chi connectivity index (χ1n) is 11.6. The van der Waals surface area contributed by atoms with E-state index >= 15 is 0 Å². The number of benzene rings is 2. The monoisotopic (exact) mass is 476 g/mol. The maximum atomic E-state index is 13.3. The molecular weight excluding hydrogens is 448 g/mol. The zero-order valence-corrected chi connectivity index (χ0v) is 19.4. The summed E-state index contributed by atoms with van der Waals surface area (Å²) in [6.45, 7) is 3.14. The third-order valence-corrected chi connectivity index (χ3v) is 6.98. The van der Waals surface area contributed by atoms with E-state index in [0.717, 1.165) is 22.2 Å². The molecule has 2 amide bonds. The Balaban J connectivity index is 1.29. The van der Waals surface area contributed by atoms with Crippen LogP contribution in [-0.4, -0.2) is 52.7 Å². The summed E-state index contributed by atoms with van der Waals surface area (Å²) in [5.74, 6) is -0.776. The van der Waals surface area contributed by atoms with Crippen LogP contribution >= 0.6 is 0 Å². The number of ether oxygens (including phenoxy) is 2. The number of nitrogens with zero attached hydrogens (tertiary/aromatic N) is 2. The summed E-state index contributed by atoms with van der Waals surface area (Å²) in [6.07, 6.45) is 0.415. The molecule has 9 heteroatoms. The quantitative estimate of drug-likeness (QED) is 0.367. The van der Waals surface area contributed by atoms with E-state index in [9.17, 15) is 9.59 Å². The lowest BCUT2D eigenvalue weighted by atomic mass is 9.89. The highest BCUT2D eigenvalue weighted by atomic mass is 16.5. The van der Waals surface area contributed by atoms with Crippen molar-refractivity contribution in [1.29, 1.82) is 0 Å². The molecule has 182 valence electrons. The molecule has 1 aromatic heterocycles. The molecule has 3 atom stereocenters. The van der Waals surface area contributed by atoms with Crippen LogP contribution in [-0.2, 0) is 26.5 Å². The lowest BCUT2D eigenvalue weighted by Gasteiger charge is -2.29. The number of rotatable bonds is 6. The third kappa shape index (κ3) is 4.22. The van der Waals surface area contributed by atoms with Gasteiger partial charge in [-0.25, -0.2) is 5.48 Å². The van der Waals surface area contributed by atoms with Crippen molar-refractivity contribution in [2.75, 3.05) is 19.8 Å². The minimum Gasteiger partial charge on any atom is -0.489 e. The summed E-state index contributed by atoms with van der Waals surface area (Å²) in [4.78, 5) is 31.5. The maximum absolute atomic E-state index is 13.3. The van der Waals surface area contributed by atoms with Crippen LogP contribution in [0.15, 0.2) is 54.6 Å². The largest absolute Gasteiger partial charge is 0.489 e. The second-order valence-corrected chi connectivity index (χ2v) is 9.16. The molecule has 0 radical (unpaired) electrons. The van der Waals surface area contributed by atoms with Gasteiger partial charge in [0.25, 0.3) is 5.91 Å². The summed E-state index contributed by atoms with van der Waals surface area (Å²) in [5.41, 5.74) is 10.7. The fourth-order valence-corrected chi connectivity index (χ4v) is 5.05. The molecule has 0 spiro atoms. The van der Waals surface area contributed by atoms with Gasteiger partial charge in [0.05, 0.1) is 30.7 Å². The zero-order valence-electron chi connectivity index (χ0n) is 19.4. The minimum absolute atomic E-state index is 0.150. The van der Waals surface area contributed by atoms with Crippen LogP contribution < -0.4 is 16.0 Å². The molecule has 35 heavy (non-hydrogen) atoms. The molecule has 2 aliphatic rings.